The summed E-state index contributed by atoms with van der Waals surface area (Å²) in [5.74, 6) is 0. The molecular weight excluding hydrogens is 1090 g/mol. The highest BCUT2D eigenvalue weighted by atomic mass is 32.2. The van der Waals surface area contributed by atoms with Gasteiger partial charge in [0.15, 0.2) is 0 Å². The number of nitrogens with zero attached hydrogens (tertiary/aromatic N) is 4. The fourth-order valence-corrected chi connectivity index (χ4v) is 17.1. The van der Waals surface area contributed by atoms with Gasteiger partial charge in [-0.05, 0) is 137 Å². The van der Waals surface area contributed by atoms with Crippen LogP contribution in [-0.2, 0) is 0 Å². The first-order chi connectivity index (χ1) is 43.2. The highest BCUT2D eigenvalue weighted by Crippen LogP contribution is 2.54. The number of fused-ring (bicyclic) bond motifs is 11. The average molecular weight is 1150 g/mol. The first-order valence-corrected chi connectivity index (χ1v) is 31.3. The maximum absolute atomic E-state index is 7.22. The Balaban J connectivity index is 0.960. The molecule has 406 valence electrons. The second kappa shape index (κ2) is 20.2. The Labute approximate surface area is 514 Å². The van der Waals surface area contributed by atoms with Crippen LogP contribution in [0.5, 0.6) is 0 Å². The minimum atomic E-state index is -0.129. The molecule has 0 amide bonds. The summed E-state index contributed by atoms with van der Waals surface area (Å²) in [7, 11) is 0. The molecule has 18 rings (SSSR count). The molecule has 0 aliphatic carbocycles. The lowest BCUT2D eigenvalue weighted by atomic mass is 9.31. The van der Waals surface area contributed by atoms with Crippen molar-refractivity contribution in [2.24, 2.45) is 0 Å². The van der Waals surface area contributed by atoms with E-state index in [2.05, 4.69) is 323 Å². The van der Waals surface area contributed by atoms with E-state index in [0.29, 0.717) is 0 Å². The minimum Gasteiger partial charge on any atom is -0.455 e. The molecule has 0 unspecified atom stereocenters. The van der Waals surface area contributed by atoms with Crippen LogP contribution in [0.2, 0.25) is 0 Å². The lowest BCUT2D eigenvalue weighted by Crippen LogP contribution is -2.64. The minimum absolute atomic E-state index is 0.129. The highest BCUT2D eigenvalue weighted by Gasteiger charge is 2.48. The maximum Gasteiger partial charge on any atom is 0.249 e. The third-order valence-corrected chi connectivity index (χ3v) is 20.3. The number of hydrogen-bond acceptors (Lipinski definition) is 7. The highest BCUT2D eigenvalue weighted by molar-refractivity contribution is 8.01. The molecule has 13 aromatic carbocycles. The zero-order valence-electron chi connectivity index (χ0n) is 47.0. The van der Waals surface area contributed by atoms with Gasteiger partial charge in [0.25, 0.3) is 0 Å². The van der Waals surface area contributed by atoms with Crippen LogP contribution in [0.1, 0.15) is 0 Å². The van der Waals surface area contributed by atoms with Gasteiger partial charge >= 0.3 is 0 Å². The third kappa shape index (κ3) is 7.86. The molecule has 0 saturated heterocycles. The molecule has 5 heterocycles. The molecule has 87 heavy (non-hydrogen) atoms. The van der Waals surface area contributed by atoms with Crippen molar-refractivity contribution in [3.63, 3.8) is 0 Å². The Morgan fingerprint density at radius 2 is 0.701 bits per heavy atom. The van der Waals surface area contributed by atoms with Crippen LogP contribution < -0.4 is 52.4 Å². The molecule has 0 spiro atoms. The molecule has 4 aliphatic rings. The molecule has 5 nitrogen and oxygen atoms in total. The topological polar surface area (TPSA) is 26.1 Å². The molecule has 0 bridgehead atoms. The van der Waals surface area contributed by atoms with Crippen molar-refractivity contribution in [1.82, 2.24) is 0 Å². The molecule has 0 N–H and O–H groups in total. The lowest BCUT2D eigenvalue weighted by Gasteiger charge is -2.44. The molecule has 9 heteroatoms. The SMILES string of the molecule is c1ccc(N(c2ccccc2)c2cc3c4c(c2)N(c2ccccc2)c2ccccc2B4c2cc4c(c(-c5cccc6c5oc5ccccc56)c2S3)Sc2cc(N(c3ccccc3)c3ccccc3)cc3c2B4c2ccccc2N3c2ccccc2)cc1. The largest absolute Gasteiger partial charge is 0.455 e. The summed E-state index contributed by atoms with van der Waals surface area (Å²) >= 11 is 3.84. The standard InChI is InChI=1S/C78H50B2N4OS2/c1-7-26-51(27-8-1)81(52-28-9-2-10-29-52)57-46-68-74-71(48-57)86-77-64(79(74)62-41-20-22-43-66(62)83(68)55-34-15-5-16-35-55)50-65-78(73(77)61-40-25-39-60-59-38-19-24-45-70(59)85-76(60)61)87-72-49-58(82(53-30-11-3-12-31-53)54-32-13-4-14-33-54)47-69-75(72)80(65)63-42-21-23-44-67(63)84(69)56-36-17-6-18-37-56/h1-50H. The Bertz CT molecular complexity index is 4700. The van der Waals surface area contributed by atoms with Gasteiger partial charge in [-0.15, -0.1) is 0 Å². The Morgan fingerprint density at radius 3 is 1.16 bits per heavy atom. The van der Waals surface area contributed by atoms with Gasteiger partial charge in [-0.1, -0.05) is 223 Å². The number of hydrogen-bond donors (Lipinski definition) is 0. The van der Waals surface area contributed by atoms with Crippen LogP contribution in [0.3, 0.4) is 0 Å². The van der Waals surface area contributed by atoms with Crippen molar-refractivity contribution in [1.29, 1.82) is 0 Å². The van der Waals surface area contributed by atoms with Gasteiger partial charge in [0.2, 0.25) is 13.4 Å². The van der Waals surface area contributed by atoms with Gasteiger partial charge in [-0.3, -0.25) is 0 Å². The fourth-order valence-electron chi connectivity index (χ4n) is 14.3. The van der Waals surface area contributed by atoms with Crippen LogP contribution in [0.15, 0.2) is 327 Å². The fraction of sp³-hybridized carbons (Fsp3) is 0. The number of anilines is 12. The summed E-state index contributed by atoms with van der Waals surface area (Å²) in [5.41, 5.74) is 25.3. The molecule has 1 aromatic heterocycles. The van der Waals surface area contributed by atoms with E-state index in [1.54, 1.807) is 0 Å². The van der Waals surface area contributed by atoms with Gasteiger partial charge < -0.3 is 24.0 Å². The van der Waals surface area contributed by atoms with E-state index in [1.165, 1.54) is 80.7 Å². The second-order valence-corrected chi connectivity index (χ2v) is 24.8. The van der Waals surface area contributed by atoms with Crippen LogP contribution in [-0.4, -0.2) is 13.4 Å². The molecule has 0 saturated carbocycles. The zero-order valence-corrected chi connectivity index (χ0v) is 48.7. The van der Waals surface area contributed by atoms with E-state index in [1.807, 2.05) is 23.5 Å². The van der Waals surface area contributed by atoms with Crippen LogP contribution >= 0.6 is 23.5 Å². The van der Waals surface area contributed by atoms with Crippen LogP contribution in [0.4, 0.5) is 68.2 Å². The molecule has 0 fully saturated rings. The van der Waals surface area contributed by atoms with E-state index in [9.17, 15) is 0 Å². The molecular formula is C78H50B2N4OS2. The van der Waals surface area contributed by atoms with Crippen LogP contribution in [0.25, 0.3) is 33.1 Å². The summed E-state index contributed by atoms with van der Waals surface area (Å²) in [5, 5.41) is 2.22. The molecule has 14 aromatic rings. The van der Waals surface area contributed by atoms with E-state index >= 15 is 0 Å². The normalized spacial score (nSPS) is 13.1. The quantitative estimate of drug-likeness (QED) is 0.133. The number of para-hydroxylation sites is 10. The predicted molar refractivity (Wildman–Crippen MR) is 368 cm³/mol. The van der Waals surface area contributed by atoms with Gasteiger partial charge in [0.1, 0.15) is 11.2 Å². The van der Waals surface area contributed by atoms with Crippen molar-refractivity contribution in [2.45, 2.75) is 19.6 Å². The molecule has 4 aliphatic heterocycles. The summed E-state index contributed by atoms with van der Waals surface area (Å²) in [6, 6.07) is 111. The first-order valence-electron chi connectivity index (χ1n) is 29.7. The van der Waals surface area contributed by atoms with Crippen molar-refractivity contribution >= 4 is 160 Å². The smallest absolute Gasteiger partial charge is 0.249 e. The Kier molecular flexibility index (Phi) is 11.6. The van der Waals surface area contributed by atoms with E-state index in [4.69, 9.17) is 4.42 Å². The monoisotopic (exact) mass is 1140 g/mol. The zero-order chi connectivity index (χ0) is 57.1. The van der Waals surface area contributed by atoms with E-state index in [-0.39, 0.29) is 13.4 Å². The van der Waals surface area contributed by atoms with Crippen molar-refractivity contribution in [2.75, 3.05) is 19.6 Å². The summed E-state index contributed by atoms with van der Waals surface area (Å²) in [6.07, 6.45) is 0. The summed E-state index contributed by atoms with van der Waals surface area (Å²) < 4.78 is 7.22. The number of rotatable bonds is 9. The summed E-state index contributed by atoms with van der Waals surface area (Å²) in [4.78, 5) is 14.8. The maximum atomic E-state index is 7.22. The Morgan fingerprint density at radius 1 is 0.310 bits per heavy atom. The number of benzene rings is 13. The van der Waals surface area contributed by atoms with Gasteiger partial charge in [-0.2, -0.15) is 0 Å². The van der Waals surface area contributed by atoms with Crippen molar-refractivity contribution in [3.8, 4) is 11.1 Å². The lowest BCUT2D eigenvalue weighted by molar-refractivity contribution is 0.670. The van der Waals surface area contributed by atoms with Gasteiger partial charge in [-0.25, -0.2) is 0 Å². The first kappa shape index (κ1) is 50.1. The van der Waals surface area contributed by atoms with Gasteiger partial charge in [0, 0.05) is 110 Å². The van der Waals surface area contributed by atoms with Gasteiger partial charge in [0.05, 0.1) is 0 Å². The second-order valence-electron chi connectivity index (χ2n) is 22.7. The van der Waals surface area contributed by atoms with Crippen molar-refractivity contribution in [3.05, 3.63) is 303 Å². The Hall–Kier alpha value is -10.3. The number of furan rings is 1. The molecule has 0 atom stereocenters. The summed E-state index contributed by atoms with van der Waals surface area (Å²) in [6.45, 7) is -0.258. The molecule has 0 radical (unpaired) electrons. The predicted octanol–water partition coefficient (Wildman–Crippen LogP) is 17.7. The third-order valence-electron chi connectivity index (χ3n) is 17.9. The van der Waals surface area contributed by atoms with E-state index in [0.717, 1.165) is 73.0 Å². The van der Waals surface area contributed by atoms with Crippen molar-refractivity contribution < 1.29 is 4.42 Å². The van der Waals surface area contributed by atoms with Crippen LogP contribution in [0, 0.1) is 0 Å². The van der Waals surface area contributed by atoms with E-state index < -0.39 is 0 Å². The average Bonchev–Trinajstić information content (AvgIpc) is 0.896.